The number of carbonyl (C=O) groups excluding carboxylic acids is 1. The molecule has 0 amide bonds. The number of nitrogen functional groups attached to an aromatic ring is 1. The smallest absolute Gasteiger partial charge is 0.133 e. The normalized spacial score (nSPS) is 12.7. The summed E-state index contributed by atoms with van der Waals surface area (Å²) in [6, 6.07) is 7.79. The maximum atomic E-state index is 11.9. The van der Waals surface area contributed by atoms with E-state index in [-0.39, 0.29) is 0 Å². The van der Waals surface area contributed by atoms with E-state index in [0.29, 0.717) is 30.5 Å². The van der Waals surface area contributed by atoms with E-state index in [9.17, 15) is 4.79 Å². The van der Waals surface area contributed by atoms with Gasteiger partial charge in [-0.25, -0.2) is 0 Å². The molecule has 100 valence electrons. The number of aryl methyl sites for hydroxylation is 1. The molecule has 1 atom stereocenters. The van der Waals surface area contributed by atoms with Crippen molar-refractivity contribution >= 4 is 11.5 Å². The Bertz CT molecular complexity index is 384. The molecule has 0 saturated heterocycles. The lowest BCUT2D eigenvalue weighted by Gasteiger charge is -2.12. The Hall–Kier alpha value is -1.31. The van der Waals surface area contributed by atoms with Gasteiger partial charge in [-0.15, -0.1) is 0 Å². The van der Waals surface area contributed by atoms with Crippen molar-refractivity contribution in [1.82, 2.24) is 0 Å². The summed E-state index contributed by atoms with van der Waals surface area (Å²) in [5.41, 5.74) is 7.64. The first kappa shape index (κ1) is 14.7. The van der Waals surface area contributed by atoms with Gasteiger partial charge in [-0.05, 0) is 42.4 Å². The van der Waals surface area contributed by atoms with Crippen LogP contribution in [0.25, 0.3) is 0 Å². The Morgan fingerprint density at radius 2 is 2.00 bits per heavy atom. The largest absolute Gasteiger partial charge is 0.399 e. The van der Waals surface area contributed by atoms with Crippen LogP contribution in [0.2, 0.25) is 0 Å². The minimum Gasteiger partial charge on any atom is -0.399 e. The Kier molecular flexibility index (Phi) is 5.90. The van der Waals surface area contributed by atoms with Crippen molar-refractivity contribution in [2.24, 2.45) is 11.8 Å². The molecule has 0 radical (unpaired) electrons. The molecule has 0 aliphatic heterocycles. The molecule has 2 nitrogen and oxygen atoms in total. The zero-order valence-electron chi connectivity index (χ0n) is 11.8. The Balaban J connectivity index is 2.33. The van der Waals surface area contributed by atoms with Crippen LogP contribution in [0.4, 0.5) is 5.69 Å². The van der Waals surface area contributed by atoms with Gasteiger partial charge in [0, 0.05) is 18.5 Å². The van der Waals surface area contributed by atoms with Gasteiger partial charge in [0.1, 0.15) is 5.78 Å². The van der Waals surface area contributed by atoms with Crippen LogP contribution < -0.4 is 5.73 Å². The molecule has 2 heteroatoms. The third-order valence-corrected chi connectivity index (χ3v) is 3.09. The number of anilines is 1. The van der Waals surface area contributed by atoms with Gasteiger partial charge in [-0.1, -0.05) is 32.9 Å². The Morgan fingerprint density at radius 3 is 2.61 bits per heavy atom. The molecule has 2 N–H and O–H groups in total. The molecule has 0 aliphatic rings. The topological polar surface area (TPSA) is 43.1 Å². The summed E-state index contributed by atoms with van der Waals surface area (Å²) in [6.07, 6.45) is 3.27. The lowest BCUT2D eigenvalue weighted by atomic mass is 9.92. The first-order valence-electron chi connectivity index (χ1n) is 6.83. The average Bonchev–Trinajstić information content (AvgIpc) is 2.25. The van der Waals surface area contributed by atoms with Crippen molar-refractivity contribution in [3.8, 4) is 0 Å². The first-order valence-corrected chi connectivity index (χ1v) is 6.83. The third kappa shape index (κ3) is 5.85. The summed E-state index contributed by atoms with van der Waals surface area (Å²) in [4.78, 5) is 11.9. The van der Waals surface area contributed by atoms with Gasteiger partial charge in [0.15, 0.2) is 0 Å². The number of carbonyl (C=O) groups is 1. The van der Waals surface area contributed by atoms with Crippen molar-refractivity contribution in [2.45, 2.75) is 46.5 Å². The minimum atomic E-state index is 0.366. The first-order chi connectivity index (χ1) is 8.47. The maximum absolute atomic E-state index is 11.9. The molecular formula is C16H25NO. The van der Waals surface area contributed by atoms with Gasteiger partial charge in [0.05, 0.1) is 0 Å². The fraction of sp³-hybridized carbons (Fsp3) is 0.562. The summed E-state index contributed by atoms with van der Waals surface area (Å²) in [6.45, 7) is 6.57. The molecular weight excluding hydrogens is 222 g/mol. The SMILES string of the molecule is CC(C)CC(C)CC(=O)CCc1cccc(N)c1. The van der Waals surface area contributed by atoms with Gasteiger partial charge in [0.25, 0.3) is 0 Å². The number of Topliss-reactive ketones (excluding diaryl/α,β-unsaturated/α-hetero) is 1. The second-order valence-electron chi connectivity index (χ2n) is 5.72. The molecule has 1 unspecified atom stereocenters. The Morgan fingerprint density at radius 1 is 1.28 bits per heavy atom. The van der Waals surface area contributed by atoms with Crippen molar-refractivity contribution in [1.29, 1.82) is 0 Å². The molecule has 0 aromatic heterocycles. The molecule has 18 heavy (non-hydrogen) atoms. The molecule has 0 aliphatic carbocycles. The summed E-state index contributed by atoms with van der Waals surface area (Å²) in [7, 11) is 0. The molecule has 1 rings (SSSR count). The van der Waals surface area contributed by atoms with E-state index >= 15 is 0 Å². The second-order valence-corrected chi connectivity index (χ2v) is 5.72. The van der Waals surface area contributed by atoms with Gasteiger partial charge >= 0.3 is 0 Å². The van der Waals surface area contributed by atoms with E-state index in [2.05, 4.69) is 20.8 Å². The summed E-state index contributed by atoms with van der Waals surface area (Å²) in [5, 5.41) is 0. The molecule has 0 heterocycles. The van der Waals surface area contributed by atoms with Gasteiger partial charge < -0.3 is 5.73 Å². The number of ketones is 1. The van der Waals surface area contributed by atoms with Gasteiger partial charge in [0.2, 0.25) is 0 Å². The van der Waals surface area contributed by atoms with Crippen LogP contribution in [-0.2, 0) is 11.2 Å². The van der Waals surface area contributed by atoms with E-state index in [0.717, 1.165) is 24.1 Å². The highest BCUT2D eigenvalue weighted by atomic mass is 16.1. The summed E-state index contributed by atoms with van der Waals surface area (Å²) >= 11 is 0. The minimum absolute atomic E-state index is 0.366. The number of benzene rings is 1. The fourth-order valence-electron chi connectivity index (χ4n) is 2.41. The quantitative estimate of drug-likeness (QED) is 0.744. The zero-order chi connectivity index (χ0) is 13.5. The lowest BCUT2D eigenvalue weighted by molar-refractivity contribution is -0.119. The van der Waals surface area contributed by atoms with Crippen LogP contribution in [0.15, 0.2) is 24.3 Å². The number of rotatable bonds is 7. The predicted octanol–water partition coefficient (Wildman–Crippen LogP) is 3.84. The predicted molar refractivity (Wildman–Crippen MR) is 77.4 cm³/mol. The number of hydrogen-bond acceptors (Lipinski definition) is 2. The fourth-order valence-corrected chi connectivity index (χ4v) is 2.41. The number of nitrogens with two attached hydrogens (primary N) is 1. The van der Waals surface area contributed by atoms with Crippen LogP contribution in [0.3, 0.4) is 0 Å². The summed E-state index contributed by atoms with van der Waals surface area (Å²) in [5.74, 6) is 1.53. The number of hydrogen-bond donors (Lipinski definition) is 1. The van der Waals surface area contributed by atoms with E-state index in [1.807, 2.05) is 24.3 Å². The molecule has 0 spiro atoms. The highest BCUT2D eigenvalue weighted by Crippen LogP contribution is 2.16. The monoisotopic (exact) mass is 247 g/mol. The van der Waals surface area contributed by atoms with Crippen LogP contribution in [0.5, 0.6) is 0 Å². The zero-order valence-corrected chi connectivity index (χ0v) is 11.8. The van der Waals surface area contributed by atoms with Crippen LogP contribution >= 0.6 is 0 Å². The highest BCUT2D eigenvalue weighted by molar-refractivity contribution is 5.78. The van der Waals surface area contributed by atoms with Gasteiger partial charge in [-0.3, -0.25) is 4.79 Å². The van der Waals surface area contributed by atoms with Crippen LogP contribution in [0.1, 0.15) is 45.6 Å². The third-order valence-electron chi connectivity index (χ3n) is 3.09. The van der Waals surface area contributed by atoms with Crippen molar-refractivity contribution in [3.05, 3.63) is 29.8 Å². The second kappa shape index (κ2) is 7.20. The molecule has 1 aromatic carbocycles. The van der Waals surface area contributed by atoms with E-state index in [1.165, 1.54) is 0 Å². The van der Waals surface area contributed by atoms with Crippen molar-refractivity contribution in [2.75, 3.05) is 5.73 Å². The molecule has 0 fully saturated rings. The standard InChI is InChI=1S/C16H25NO/c1-12(2)9-13(3)10-16(18)8-7-14-5-4-6-15(17)11-14/h4-6,11-13H,7-10,17H2,1-3H3. The van der Waals surface area contributed by atoms with E-state index in [4.69, 9.17) is 5.73 Å². The van der Waals surface area contributed by atoms with Crippen molar-refractivity contribution in [3.63, 3.8) is 0 Å². The average molecular weight is 247 g/mol. The molecule has 0 saturated carbocycles. The molecule has 0 bridgehead atoms. The maximum Gasteiger partial charge on any atom is 0.133 e. The molecule has 1 aromatic rings. The van der Waals surface area contributed by atoms with Crippen LogP contribution in [0, 0.1) is 11.8 Å². The Labute approximate surface area is 111 Å². The summed E-state index contributed by atoms with van der Waals surface area (Å²) < 4.78 is 0. The van der Waals surface area contributed by atoms with E-state index < -0.39 is 0 Å². The lowest BCUT2D eigenvalue weighted by Crippen LogP contribution is -2.08. The highest BCUT2D eigenvalue weighted by Gasteiger charge is 2.10. The van der Waals surface area contributed by atoms with Crippen LogP contribution in [-0.4, -0.2) is 5.78 Å². The van der Waals surface area contributed by atoms with Gasteiger partial charge in [-0.2, -0.15) is 0 Å². The van der Waals surface area contributed by atoms with Crippen molar-refractivity contribution < 1.29 is 4.79 Å². The van der Waals surface area contributed by atoms with E-state index in [1.54, 1.807) is 0 Å².